The van der Waals surface area contributed by atoms with E-state index in [0.29, 0.717) is 17.2 Å². The summed E-state index contributed by atoms with van der Waals surface area (Å²) in [4.78, 5) is 24.6. The highest BCUT2D eigenvalue weighted by Crippen LogP contribution is 2.19. The lowest BCUT2D eigenvalue weighted by Crippen LogP contribution is -2.52. The van der Waals surface area contributed by atoms with Crippen LogP contribution in [0.15, 0.2) is 24.3 Å². The predicted octanol–water partition coefficient (Wildman–Crippen LogP) is 1.27. The summed E-state index contributed by atoms with van der Waals surface area (Å²) in [7, 11) is 0. The van der Waals surface area contributed by atoms with Crippen molar-refractivity contribution in [2.75, 3.05) is 19.8 Å². The van der Waals surface area contributed by atoms with Crippen molar-refractivity contribution in [3.05, 3.63) is 34.9 Å². The summed E-state index contributed by atoms with van der Waals surface area (Å²) >= 11 is 5.94. The normalized spacial score (nSPS) is 19.6. The van der Waals surface area contributed by atoms with Gasteiger partial charge in [-0.2, -0.15) is 0 Å². The van der Waals surface area contributed by atoms with Gasteiger partial charge in [-0.15, -0.1) is 0 Å². The Hall–Kier alpha value is -1.59. The van der Waals surface area contributed by atoms with E-state index in [4.69, 9.17) is 21.4 Å². The van der Waals surface area contributed by atoms with Crippen molar-refractivity contribution in [2.24, 2.45) is 0 Å². The smallest absolute Gasteiger partial charge is 0.328 e. The lowest BCUT2D eigenvalue weighted by Gasteiger charge is -2.33. The van der Waals surface area contributed by atoms with E-state index in [1.165, 1.54) is 4.90 Å². The van der Waals surface area contributed by atoms with Crippen molar-refractivity contribution in [3.63, 3.8) is 0 Å². The molecule has 1 aliphatic rings. The molecule has 0 spiro atoms. The van der Waals surface area contributed by atoms with Gasteiger partial charge < -0.3 is 14.7 Å². The molecule has 1 aromatic carbocycles. The fourth-order valence-electron chi connectivity index (χ4n) is 1.84. The van der Waals surface area contributed by atoms with Crippen molar-refractivity contribution in [2.45, 2.75) is 6.04 Å². The number of nitrogens with zero attached hydrogens (tertiary/aromatic N) is 1. The Kier molecular flexibility index (Phi) is 3.84. The van der Waals surface area contributed by atoms with E-state index in [0.717, 1.165) is 0 Å². The number of hydrogen-bond donors (Lipinski definition) is 1. The summed E-state index contributed by atoms with van der Waals surface area (Å²) in [5.74, 6) is -1.45. The second-order valence-corrected chi connectivity index (χ2v) is 4.31. The average Bonchev–Trinajstić information content (AvgIpc) is 2.38. The lowest BCUT2D eigenvalue weighted by molar-refractivity contribution is -0.147. The van der Waals surface area contributed by atoms with Gasteiger partial charge in [-0.25, -0.2) is 4.79 Å². The highest BCUT2D eigenvalue weighted by atomic mass is 35.5. The van der Waals surface area contributed by atoms with Crippen molar-refractivity contribution in [1.82, 2.24) is 4.90 Å². The number of ether oxygens (including phenoxy) is 1. The zero-order valence-corrected chi connectivity index (χ0v) is 10.3. The van der Waals surface area contributed by atoms with E-state index in [1.807, 2.05) is 0 Å². The molecule has 0 radical (unpaired) electrons. The Morgan fingerprint density at radius 2 is 2.11 bits per heavy atom. The van der Waals surface area contributed by atoms with E-state index in [9.17, 15) is 9.59 Å². The summed E-state index contributed by atoms with van der Waals surface area (Å²) in [6.45, 7) is 0.590. The number of aliphatic carboxylic acids is 1. The highest BCUT2D eigenvalue weighted by Gasteiger charge is 2.33. The molecule has 1 N–H and O–H groups in total. The van der Waals surface area contributed by atoms with Gasteiger partial charge in [0, 0.05) is 6.54 Å². The number of morpholine rings is 1. The van der Waals surface area contributed by atoms with E-state index < -0.39 is 12.0 Å². The molecule has 1 unspecified atom stereocenters. The maximum Gasteiger partial charge on any atom is 0.328 e. The molecule has 1 saturated heterocycles. The van der Waals surface area contributed by atoms with Crippen LogP contribution in [0.5, 0.6) is 0 Å². The maximum absolute atomic E-state index is 12.3. The third kappa shape index (κ3) is 2.47. The van der Waals surface area contributed by atoms with Crippen molar-refractivity contribution in [1.29, 1.82) is 0 Å². The molecule has 1 heterocycles. The molecule has 2 rings (SSSR count). The summed E-state index contributed by atoms with van der Waals surface area (Å²) in [5.41, 5.74) is 0.312. The van der Waals surface area contributed by atoms with Crippen molar-refractivity contribution >= 4 is 23.5 Å². The van der Waals surface area contributed by atoms with Crippen LogP contribution in [-0.2, 0) is 9.53 Å². The van der Waals surface area contributed by atoms with Crippen LogP contribution in [0.1, 0.15) is 10.4 Å². The quantitative estimate of drug-likeness (QED) is 0.878. The minimum Gasteiger partial charge on any atom is -0.480 e. The molecule has 1 fully saturated rings. The maximum atomic E-state index is 12.3. The number of carboxylic acids is 1. The van der Waals surface area contributed by atoms with E-state index in [2.05, 4.69) is 0 Å². The summed E-state index contributed by atoms with van der Waals surface area (Å²) in [6.07, 6.45) is 0. The van der Waals surface area contributed by atoms with Crippen LogP contribution in [0.2, 0.25) is 5.02 Å². The number of benzene rings is 1. The van der Waals surface area contributed by atoms with E-state index in [1.54, 1.807) is 24.3 Å². The first-order chi connectivity index (χ1) is 8.61. The fraction of sp³-hybridized carbons (Fsp3) is 0.333. The molecule has 0 saturated carbocycles. The van der Waals surface area contributed by atoms with Crippen LogP contribution in [-0.4, -0.2) is 47.7 Å². The minimum atomic E-state index is -1.07. The van der Waals surface area contributed by atoms with Crippen molar-refractivity contribution < 1.29 is 19.4 Å². The van der Waals surface area contributed by atoms with Crippen LogP contribution in [0.3, 0.4) is 0 Å². The predicted molar refractivity (Wildman–Crippen MR) is 64.7 cm³/mol. The van der Waals surface area contributed by atoms with Gasteiger partial charge in [-0.3, -0.25) is 4.79 Å². The Balaban J connectivity index is 2.27. The summed E-state index contributed by atoms with van der Waals surface area (Å²) in [5, 5.41) is 9.38. The molecule has 1 atom stereocenters. The Morgan fingerprint density at radius 3 is 2.78 bits per heavy atom. The number of carbonyl (C=O) groups is 2. The van der Waals surface area contributed by atoms with Gasteiger partial charge in [0.15, 0.2) is 6.04 Å². The largest absolute Gasteiger partial charge is 0.480 e. The summed E-state index contributed by atoms with van der Waals surface area (Å²) in [6, 6.07) is 5.63. The minimum absolute atomic E-state index is 0.00548. The molecule has 6 heteroatoms. The van der Waals surface area contributed by atoms with E-state index >= 15 is 0 Å². The van der Waals surface area contributed by atoms with Gasteiger partial charge in [-0.1, -0.05) is 23.7 Å². The molecule has 18 heavy (non-hydrogen) atoms. The van der Waals surface area contributed by atoms with E-state index in [-0.39, 0.29) is 19.1 Å². The van der Waals surface area contributed by atoms with Gasteiger partial charge in [0.05, 0.1) is 23.8 Å². The van der Waals surface area contributed by atoms with Crippen LogP contribution in [0.4, 0.5) is 0 Å². The first-order valence-corrected chi connectivity index (χ1v) is 5.85. The average molecular weight is 270 g/mol. The second-order valence-electron chi connectivity index (χ2n) is 3.91. The first kappa shape index (κ1) is 12.9. The van der Waals surface area contributed by atoms with Gasteiger partial charge in [0.25, 0.3) is 5.91 Å². The zero-order valence-electron chi connectivity index (χ0n) is 9.51. The van der Waals surface area contributed by atoms with Crippen LogP contribution < -0.4 is 0 Å². The molecule has 96 valence electrons. The van der Waals surface area contributed by atoms with Gasteiger partial charge in [-0.05, 0) is 12.1 Å². The van der Waals surface area contributed by atoms with Gasteiger partial charge >= 0.3 is 5.97 Å². The molecule has 1 aromatic rings. The molecule has 1 aliphatic heterocycles. The number of halogens is 1. The highest BCUT2D eigenvalue weighted by molar-refractivity contribution is 6.33. The number of carboxylic acid groups (broad SMARTS) is 1. The monoisotopic (exact) mass is 269 g/mol. The van der Waals surface area contributed by atoms with Gasteiger partial charge in [0.1, 0.15) is 0 Å². The molecule has 0 aliphatic carbocycles. The van der Waals surface area contributed by atoms with Crippen LogP contribution in [0, 0.1) is 0 Å². The standard InChI is InChI=1S/C12H12ClNO4/c13-9-4-2-1-3-8(9)11(15)14-5-6-18-7-10(14)12(16)17/h1-4,10H,5-7H2,(H,16,17). The lowest BCUT2D eigenvalue weighted by atomic mass is 10.1. The topological polar surface area (TPSA) is 66.8 Å². The Morgan fingerprint density at radius 1 is 1.39 bits per heavy atom. The molecule has 0 aromatic heterocycles. The van der Waals surface area contributed by atoms with Crippen LogP contribution >= 0.6 is 11.6 Å². The Bertz CT molecular complexity index is 477. The zero-order chi connectivity index (χ0) is 13.1. The fourth-order valence-corrected chi connectivity index (χ4v) is 2.06. The van der Waals surface area contributed by atoms with Crippen molar-refractivity contribution in [3.8, 4) is 0 Å². The molecule has 1 amide bonds. The molecule has 5 nitrogen and oxygen atoms in total. The SMILES string of the molecule is O=C(O)C1COCCN1C(=O)c1ccccc1Cl. The third-order valence-corrected chi connectivity index (χ3v) is 3.11. The molecular weight excluding hydrogens is 258 g/mol. The number of carbonyl (C=O) groups excluding carboxylic acids is 1. The number of amides is 1. The third-order valence-electron chi connectivity index (χ3n) is 2.78. The summed E-state index contributed by atoms with van der Waals surface area (Å²) < 4.78 is 5.08. The molecular formula is C12H12ClNO4. The Labute approximate surface area is 109 Å². The van der Waals surface area contributed by atoms with Crippen LogP contribution in [0.25, 0.3) is 0 Å². The number of hydrogen-bond acceptors (Lipinski definition) is 3. The number of rotatable bonds is 2. The molecule has 0 bridgehead atoms. The van der Waals surface area contributed by atoms with Gasteiger partial charge in [0.2, 0.25) is 0 Å². The first-order valence-electron chi connectivity index (χ1n) is 5.47. The second kappa shape index (κ2) is 5.37.